The van der Waals surface area contributed by atoms with Crippen molar-refractivity contribution in [3.8, 4) is 33.8 Å². The second-order valence-corrected chi connectivity index (χ2v) is 14.2. The molecule has 0 bridgehead atoms. The van der Waals surface area contributed by atoms with Crippen molar-refractivity contribution in [2.45, 2.75) is 19.3 Å². The first-order valence-electron chi connectivity index (χ1n) is 17.9. The van der Waals surface area contributed by atoms with E-state index in [9.17, 15) is 0 Å². The van der Waals surface area contributed by atoms with Gasteiger partial charge in [-0.05, 0) is 87.3 Å². The number of hydrogen-bond donors (Lipinski definition) is 0. The van der Waals surface area contributed by atoms with Crippen molar-refractivity contribution in [2.24, 2.45) is 0 Å². The quantitative estimate of drug-likeness (QED) is 0.182. The maximum absolute atomic E-state index is 6.77. The molecule has 0 atom stereocenters. The molecule has 52 heavy (non-hydrogen) atoms. The Balaban J connectivity index is 1.19. The van der Waals surface area contributed by atoms with Crippen LogP contribution in [-0.4, -0.2) is 0 Å². The van der Waals surface area contributed by atoms with Gasteiger partial charge in [0.15, 0.2) is 11.5 Å². The van der Waals surface area contributed by atoms with Gasteiger partial charge in [0.2, 0.25) is 0 Å². The molecule has 0 fully saturated rings. The van der Waals surface area contributed by atoms with Gasteiger partial charge in [0.25, 0.3) is 0 Å². The molecule has 8 aromatic rings. The lowest BCUT2D eigenvalue weighted by atomic mass is 9.72. The van der Waals surface area contributed by atoms with Crippen LogP contribution in [0.3, 0.4) is 0 Å². The van der Waals surface area contributed by atoms with Crippen LogP contribution in [0, 0.1) is 0 Å². The minimum absolute atomic E-state index is 0.222. The number of hydrogen-bond acceptors (Lipinski definition) is 3. The van der Waals surface area contributed by atoms with Crippen LogP contribution < -0.4 is 14.5 Å². The van der Waals surface area contributed by atoms with Gasteiger partial charge < -0.3 is 14.5 Å². The zero-order chi connectivity index (χ0) is 34.8. The third-order valence-electron chi connectivity index (χ3n) is 10.8. The first-order chi connectivity index (χ1) is 25.5. The molecule has 0 aliphatic carbocycles. The smallest absolute Gasteiger partial charge is 0.151 e. The fourth-order valence-corrected chi connectivity index (χ4v) is 8.20. The van der Waals surface area contributed by atoms with Crippen molar-refractivity contribution >= 4 is 44.9 Å². The summed E-state index contributed by atoms with van der Waals surface area (Å²) in [5.41, 5.74) is 13.7. The van der Waals surface area contributed by atoms with Gasteiger partial charge in [0.1, 0.15) is 0 Å². The summed E-state index contributed by atoms with van der Waals surface area (Å²) in [5, 5.41) is 2.39. The SMILES string of the molecule is CC1(C)c2ccc(-c3ccccc3)cc2N2c3cc(N(c4ccc(-c5ccccc5)cc4)c4cccc5ccccc45)ccc3Oc3cccc1c32. The first-order valence-corrected chi connectivity index (χ1v) is 17.9. The first kappa shape index (κ1) is 30.3. The Morgan fingerprint density at radius 3 is 1.88 bits per heavy atom. The van der Waals surface area contributed by atoms with Gasteiger partial charge in [0, 0.05) is 22.2 Å². The maximum Gasteiger partial charge on any atom is 0.151 e. The summed E-state index contributed by atoms with van der Waals surface area (Å²) in [6.45, 7) is 4.66. The van der Waals surface area contributed by atoms with Crippen LogP contribution in [0.4, 0.5) is 34.1 Å². The number of nitrogens with zero attached hydrogens (tertiary/aromatic N) is 2. The summed E-state index contributed by atoms with van der Waals surface area (Å²) >= 11 is 0. The van der Waals surface area contributed by atoms with E-state index in [0.29, 0.717) is 0 Å². The van der Waals surface area contributed by atoms with E-state index in [4.69, 9.17) is 4.74 Å². The molecule has 0 N–H and O–H groups in total. The molecule has 8 aromatic carbocycles. The van der Waals surface area contributed by atoms with E-state index in [-0.39, 0.29) is 5.41 Å². The van der Waals surface area contributed by atoms with Crippen LogP contribution in [0.5, 0.6) is 11.5 Å². The summed E-state index contributed by atoms with van der Waals surface area (Å²) in [7, 11) is 0. The van der Waals surface area contributed by atoms with Gasteiger partial charge in [-0.1, -0.05) is 147 Å². The van der Waals surface area contributed by atoms with Crippen LogP contribution in [0.1, 0.15) is 25.0 Å². The predicted octanol–water partition coefficient (Wildman–Crippen LogP) is 13.9. The Morgan fingerprint density at radius 2 is 1.10 bits per heavy atom. The molecule has 2 aliphatic rings. The standard InChI is InChI=1S/C49H36N2O/c1-49(2)41-29-25-37(34-15-7-4-8-16-34)31-44(41)51-45-32-39(28-30-46(45)52-47-22-12-20-42(49)48(47)51)50(43-21-11-18-36-17-9-10-19-40(36)43)38-26-23-35(24-27-38)33-13-5-3-6-14-33/h3-32H,1-2H3. The van der Waals surface area contributed by atoms with Crippen LogP contribution in [-0.2, 0) is 5.41 Å². The molecule has 10 rings (SSSR count). The van der Waals surface area contributed by atoms with E-state index in [1.54, 1.807) is 0 Å². The number of rotatable bonds is 5. The molecule has 2 aliphatic heterocycles. The Bertz CT molecular complexity index is 2620. The van der Waals surface area contributed by atoms with E-state index < -0.39 is 0 Å². The number of benzene rings is 8. The van der Waals surface area contributed by atoms with Crippen molar-refractivity contribution in [2.75, 3.05) is 9.80 Å². The van der Waals surface area contributed by atoms with Crippen molar-refractivity contribution in [3.63, 3.8) is 0 Å². The topological polar surface area (TPSA) is 15.7 Å². The van der Waals surface area contributed by atoms with Crippen molar-refractivity contribution in [1.29, 1.82) is 0 Å². The normalized spacial score (nSPS) is 13.5. The molecule has 0 radical (unpaired) electrons. The van der Waals surface area contributed by atoms with Gasteiger partial charge in [-0.25, -0.2) is 0 Å². The van der Waals surface area contributed by atoms with E-state index in [0.717, 1.165) is 39.9 Å². The van der Waals surface area contributed by atoms with Crippen LogP contribution >= 0.6 is 0 Å². The highest BCUT2D eigenvalue weighted by Crippen LogP contribution is 2.61. The molecule has 0 unspecified atom stereocenters. The average molecular weight is 669 g/mol. The fourth-order valence-electron chi connectivity index (χ4n) is 8.20. The van der Waals surface area contributed by atoms with E-state index in [1.807, 2.05) is 0 Å². The van der Waals surface area contributed by atoms with Crippen molar-refractivity contribution in [3.05, 3.63) is 193 Å². The monoisotopic (exact) mass is 668 g/mol. The van der Waals surface area contributed by atoms with Gasteiger partial charge in [0.05, 0.1) is 22.7 Å². The average Bonchev–Trinajstić information content (AvgIpc) is 3.20. The van der Waals surface area contributed by atoms with Gasteiger partial charge in [-0.2, -0.15) is 0 Å². The Kier molecular flexibility index (Phi) is 6.84. The van der Waals surface area contributed by atoms with E-state index in [2.05, 4.69) is 206 Å². The molecular weight excluding hydrogens is 633 g/mol. The highest BCUT2D eigenvalue weighted by molar-refractivity contribution is 6.01. The number of ether oxygens (including phenoxy) is 1. The van der Waals surface area contributed by atoms with Gasteiger partial charge >= 0.3 is 0 Å². The number of anilines is 6. The minimum atomic E-state index is -0.222. The minimum Gasteiger partial charge on any atom is -0.453 e. The lowest BCUT2D eigenvalue weighted by molar-refractivity contribution is 0.471. The van der Waals surface area contributed by atoms with Crippen molar-refractivity contribution < 1.29 is 4.74 Å². The highest BCUT2D eigenvalue weighted by Gasteiger charge is 2.41. The van der Waals surface area contributed by atoms with Crippen LogP contribution in [0.15, 0.2) is 182 Å². The Labute approximate surface area is 304 Å². The summed E-state index contributed by atoms with van der Waals surface area (Å²) in [6.07, 6.45) is 0. The van der Waals surface area contributed by atoms with Crippen molar-refractivity contribution in [1.82, 2.24) is 0 Å². The summed E-state index contributed by atoms with van der Waals surface area (Å²) in [4.78, 5) is 4.83. The van der Waals surface area contributed by atoms with Crippen LogP contribution in [0.2, 0.25) is 0 Å². The molecule has 0 amide bonds. The second kappa shape index (κ2) is 11.8. The third kappa shape index (κ3) is 4.74. The summed E-state index contributed by atoms with van der Waals surface area (Å²) in [5.74, 6) is 1.71. The summed E-state index contributed by atoms with van der Waals surface area (Å²) in [6, 6.07) is 65.4. The van der Waals surface area contributed by atoms with Gasteiger partial charge in [-0.15, -0.1) is 0 Å². The Morgan fingerprint density at radius 1 is 0.462 bits per heavy atom. The molecule has 0 spiro atoms. The molecule has 0 aromatic heterocycles. The van der Waals surface area contributed by atoms with Gasteiger partial charge in [-0.3, -0.25) is 0 Å². The third-order valence-corrected chi connectivity index (χ3v) is 10.8. The maximum atomic E-state index is 6.77. The lowest BCUT2D eigenvalue weighted by Crippen LogP contribution is -2.32. The highest BCUT2D eigenvalue weighted by atomic mass is 16.5. The fraction of sp³-hybridized carbons (Fsp3) is 0.0612. The zero-order valence-electron chi connectivity index (χ0n) is 29.1. The van der Waals surface area contributed by atoms with Crippen LogP contribution in [0.25, 0.3) is 33.0 Å². The zero-order valence-corrected chi connectivity index (χ0v) is 29.1. The number of fused-ring (bicyclic) bond motifs is 5. The Hall–Kier alpha value is -6.58. The van der Waals surface area contributed by atoms with E-state index in [1.165, 1.54) is 49.8 Å². The lowest BCUT2D eigenvalue weighted by Gasteiger charge is -2.45. The molecule has 248 valence electrons. The predicted molar refractivity (Wildman–Crippen MR) is 216 cm³/mol. The largest absolute Gasteiger partial charge is 0.453 e. The summed E-state index contributed by atoms with van der Waals surface area (Å²) < 4.78 is 6.77. The molecule has 2 heterocycles. The number of para-hydroxylation sites is 1. The molecular formula is C49H36N2O. The van der Waals surface area contributed by atoms with E-state index >= 15 is 0 Å². The molecule has 0 saturated heterocycles. The second-order valence-electron chi connectivity index (χ2n) is 14.2. The molecule has 0 saturated carbocycles. The molecule has 3 heteroatoms. The molecule has 3 nitrogen and oxygen atoms in total.